The summed E-state index contributed by atoms with van der Waals surface area (Å²) in [5, 5.41) is 0. The average molecular weight is 270 g/mol. The number of nitrogens with zero attached hydrogens (tertiary/aromatic N) is 2. The van der Waals surface area contributed by atoms with Gasteiger partial charge in [-0.3, -0.25) is 4.98 Å². The van der Waals surface area contributed by atoms with Crippen LogP contribution in [0.3, 0.4) is 0 Å². The third-order valence-electron chi connectivity index (χ3n) is 1.74. The maximum Gasteiger partial charge on any atom is 0.120 e. The smallest absolute Gasteiger partial charge is 0.120 e. The van der Waals surface area contributed by atoms with Crippen LogP contribution in [0.2, 0.25) is 0 Å². The monoisotopic (exact) mass is 270 g/mol. The van der Waals surface area contributed by atoms with Gasteiger partial charge in [-0.2, -0.15) is 0 Å². The highest BCUT2D eigenvalue weighted by atomic mass is 127. The first-order valence-corrected chi connectivity index (χ1v) is 4.73. The van der Waals surface area contributed by atoms with Crippen molar-refractivity contribution in [1.82, 2.24) is 9.97 Å². The van der Waals surface area contributed by atoms with Gasteiger partial charge in [0.15, 0.2) is 0 Å². The van der Waals surface area contributed by atoms with Gasteiger partial charge in [0.2, 0.25) is 0 Å². The average Bonchev–Trinajstić information content (AvgIpc) is 2.04. The van der Waals surface area contributed by atoms with Crippen molar-refractivity contribution in [3.63, 3.8) is 0 Å². The van der Waals surface area contributed by atoms with E-state index in [-0.39, 0.29) is 0 Å². The SMILES string of the molecule is Cc1cccc2nc(I)cnc12. The van der Waals surface area contributed by atoms with Gasteiger partial charge >= 0.3 is 0 Å². The van der Waals surface area contributed by atoms with Gasteiger partial charge in [-0.15, -0.1) is 0 Å². The molecule has 1 heterocycles. The predicted octanol–water partition coefficient (Wildman–Crippen LogP) is 2.54. The topological polar surface area (TPSA) is 25.8 Å². The van der Waals surface area contributed by atoms with Crippen molar-refractivity contribution in [1.29, 1.82) is 0 Å². The molecule has 0 atom stereocenters. The molecule has 0 N–H and O–H groups in total. The van der Waals surface area contributed by atoms with Crippen molar-refractivity contribution in [2.24, 2.45) is 0 Å². The van der Waals surface area contributed by atoms with E-state index in [2.05, 4.69) is 32.6 Å². The number of hydrogen-bond donors (Lipinski definition) is 0. The Labute approximate surface area is 84.2 Å². The number of benzene rings is 1. The summed E-state index contributed by atoms with van der Waals surface area (Å²) in [5.41, 5.74) is 3.15. The summed E-state index contributed by atoms with van der Waals surface area (Å²) in [6.07, 6.45) is 1.79. The van der Waals surface area contributed by atoms with Gasteiger partial charge in [-0.25, -0.2) is 4.98 Å². The standard InChI is InChI=1S/C9H7IN2/c1-6-3-2-4-7-9(6)11-5-8(10)12-7/h2-5H,1H3. The van der Waals surface area contributed by atoms with Gasteiger partial charge in [0.25, 0.3) is 0 Å². The summed E-state index contributed by atoms with van der Waals surface area (Å²) in [7, 11) is 0. The Hall–Kier alpha value is -0.710. The molecule has 2 aromatic rings. The summed E-state index contributed by atoms with van der Waals surface area (Å²) in [6.45, 7) is 2.05. The quantitative estimate of drug-likeness (QED) is 0.687. The van der Waals surface area contributed by atoms with Crippen LogP contribution in [0, 0.1) is 10.6 Å². The Kier molecular flexibility index (Phi) is 1.96. The number of halogens is 1. The molecule has 12 heavy (non-hydrogen) atoms. The molecule has 0 aliphatic rings. The highest BCUT2D eigenvalue weighted by Crippen LogP contribution is 2.13. The molecule has 0 bridgehead atoms. The van der Waals surface area contributed by atoms with Crippen molar-refractivity contribution < 1.29 is 0 Å². The fourth-order valence-electron chi connectivity index (χ4n) is 1.16. The summed E-state index contributed by atoms with van der Waals surface area (Å²) in [5.74, 6) is 0. The number of aromatic nitrogens is 2. The predicted molar refractivity (Wildman–Crippen MR) is 57.0 cm³/mol. The number of aryl methyl sites for hydroxylation is 1. The molecule has 60 valence electrons. The molecule has 0 amide bonds. The van der Waals surface area contributed by atoms with Crippen molar-refractivity contribution in [3.05, 3.63) is 33.7 Å². The molecule has 1 aromatic carbocycles. The Morgan fingerprint density at radius 2 is 2.17 bits per heavy atom. The zero-order valence-corrected chi connectivity index (χ0v) is 8.74. The third kappa shape index (κ3) is 1.29. The molecule has 0 spiro atoms. The van der Waals surface area contributed by atoms with Gasteiger partial charge in [-0.1, -0.05) is 12.1 Å². The molecule has 3 heteroatoms. The third-order valence-corrected chi connectivity index (χ3v) is 2.26. The second kappa shape index (κ2) is 2.97. The summed E-state index contributed by atoms with van der Waals surface area (Å²) < 4.78 is 0.936. The van der Waals surface area contributed by atoms with Crippen LogP contribution in [-0.4, -0.2) is 9.97 Å². The molecule has 0 aliphatic carbocycles. The van der Waals surface area contributed by atoms with Crippen LogP contribution < -0.4 is 0 Å². The molecule has 0 radical (unpaired) electrons. The van der Waals surface area contributed by atoms with E-state index >= 15 is 0 Å². The lowest BCUT2D eigenvalue weighted by atomic mass is 10.2. The second-order valence-corrected chi connectivity index (χ2v) is 3.74. The van der Waals surface area contributed by atoms with E-state index in [4.69, 9.17) is 0 Å². The first kappa shape index (κ1) is 7.91. The van der Waals surface area contributed by atoms with Gasteiger partial charge < -0.3 is 0 Å². The largest absolute Gasteiger partial charge is 0.252 e. The Balaban J connectivity index is 2.86. The molecule has 0 saturated heterocycles. The summed E-state index contributed by atoms with van der Waals surface area (Å²) in [4.78, 5) is 8.67. The molecule has 0 saturated carbocycles. The van der Waals surface area contributed by atoms with Crippen LogP contribution in [0.1, 0.15) is 5.56 Å². The van der Waals surface area contributed by atoms with E-state index in [0.29, 0.717) is 0 Å². The van der Waals surface area contributed by atoms with Crippen molar-refractivity contribution in [3.8, 4) is 0 Å². The highest BCUT2D eigenvalue weighted by molar-refractivity contribution is 14.1. The molecule has 2 rings (SSSR count). The van der Waals surface area contributed by atoms with Crippen LogP contribution in [0.25, 0.3) is 11.0 Å². The lowest BCUT2D eigenvalue weighted by Crippen LogP contribution is -1.88. The van der Waals surface area contributed by atoms with Crippen LogP contribution >= 0.6 is 22.6 Å². The van der Waals surface area contributed by atoms with E-state index < -0.39 is 0 Å². The second-order valence-electron chi connectivity index (χ2n) is 2.64. The minimum atomic E-state index is 0.936. The summed E-state index contributed by atoms with van der Waals surface area (Å²) in [6, 6.07) is 6.03. The first-order chi connectivity index (χ1) is 5.77. The fraction of sp³-hybridized carbons (Fsp3) is 0.111. The van der Waals surface area contributed by atoms with Crippen LogP contribution in [0.15, 0.2) is 24.4 Å². The van der Waals surface area contributed by atoms with E-state index in [1.807, 2.05) is 25.1 Å². The van der Waals surface area contributed by atoms with Crippen molar-refractivity contribution >= 4 is 33.6 Å². The van der Waals surface area contributed by atoms with Crippen LogP contribution in [-0.2, 0) is 0 Å². The lowest BCUT2D eigenvalue weighted by Gasteiger charge is -1.98. The number of para-hydroxylation sites is 1. The molecule has 0 aliphatic heterocycles. The Bertz CT molecular complexity index is 426. The van der Waals surface area contributed by atoms with Crippen molar-refractivity contribution in [2.75, 3.05) is 0 Å². The van der Waals surface area contributed by atoms with Gasteiger partial charge in [0, 0.05) is 0 Å². The molecule has 0 fully saturated rings. The van der Waals surface area contributed by atoms with Crippen LogP contribution in [0.4, 0.5) is 0 Å². The molecule has 1 aromatic heterocycles. The van der Waals surface area contributed by atoms with Crippen molar-refractivity contribution in [2.45, 2.75) is 6.92 Å². The Morgan fingerprint density at radius 3 is 3.00 bits per heavy atom. The highest BCUT2D eigenvalue weighted by Gasteiger charge is 1.98. The van der Waals surface area contributed by atoms with Gasteiger partial charge in [0.1, 0.15) is 3.70 Å². The fourth-order valence-corrected chi connectivity index (χ4v) is 1.56. The first-order valence-electron chi connectivity index (χ1n) is 3.65. The maximum atomic E-state index is 4.36. The van der Waals surface area contributed by atoms with Gasteiger partial charge in [0.05, 0.1) is 17.2 Å². The van der Waals surface area contributed by atoms with Gasteiger partial charge in [-0.05, 0) is 41.1 Å². The Morgan fingerprint density at radius 1 is 1.33 bits per heavy atom. The lowest BCUT2D eigenvalue weighted by molar-refractivity contribution is 1.23. The number of hydrogen-bond acceptors (Lipinski definition) is 2. The van der Waals surface area contributed by atoms with E-state index in [1.165, 1.54) is 5.56 Å². The molecular weight excluding hydrogens is 263 g/mol. The minimum Gasteiger partial charge on any atom is -0.252 e. The number of rotatable bonds is 0. The minimum absolute atomic E-state index is 0.936. The zero-order valence-electron chi connectivity index (χ0n) is 6.58. The summed E-state index contributed by atoms with van der Waals surface area (Å²) >= 11 is 2.17. The maximum absolute atomic E-state index is 4.36. The molecule has 0 unspecified atom stereocenters. The number of fused-ring (bicyclic) bond motifs is 1. The van der Waals surface area contributed by atoms with E-state index in [0.717, 1.165) is 14.7 Å². The molecular formula is C9H7IN2. The normalized spacial score (nSPS) is 10.5. The van der Waals surface area contributed by atoms with E-state index in [9.17, 15) is 0 Å². The molecule has 2 nitrogen and oxygen atoms in total. The van der Waals surface area contributed by atoms with Crippen LogP contribution in [0.5, 0.6) is 0 Å². The zero-order chi connectivity index (χ0) is 8.55. The van der Waals surface area contributed by atoms with E-state index in [1.54, 1.807) is 6.20 Å².